The summed E-state index contributed by atoms with van der Waals surface area (Å²) in [7, 11) is 1.35. The van der Waals surface area contributed by atoms with Crippen molar-refractivity contribution in [2.75, 3.05) is 12.9 Å². The molecule has 1 N–H and O–H groups in total. The van der Waals surface area contributed by atoms with Gasteiger partial charge in [0.1, 0.15) is 5.54 Å². The van der Waals surface area contributed by atoms with Crippen LogP contribution in [0.4, 0.5) is 0 Å². The Bertz CT molecular complexity index is 546. The van der Waals surface area contributed by atoms with E-state index in [0.717, 1.165) is 16.9 Å². The molecule has 0 radical (unpaired) electrons. The lowest BCUT2D eigenvalue weighted by Gasteiger charge is -2.29. The SMILES string of the molecule is CCCC(C)(NC(=O)C1CSc2ccccc21)C(=O)OC. The largest absolute Gasteiger partial charge is 0.467 e. The molecule has 1 amide bonds. The van der Waals surface area contributed by atoms with Crippen molar-refractivity contribution in [2.24, 2.45) is 0 Å². The number of benzene rings is 1. The molecular formula is C16H21NO3S. The lowest BCUT2D eigenvalue weighted by Crippen LogP contribution is -2.54. The maximum absolute atomic E-state index is 12.6. The summed E-state index contributed by atoms with van der Waals surface area (Å²) in [5.41, 5.74) is 0.0895. The number of amides is 1. The zero-order valence-corrected chi connectivity index (χ0v) is 13.5. The highest BCUT2D eigenvalue weighted by molar-refractivity contribution is 7.99. The summed E-state index contributed by atoms with van der Waals surface area (Å²) in [6, 6.07) is 7.92. The molecule has 5 heteroatoms. The standard InChI is InChI=1S/C16H21NO3S/c1-4-9-16(2,15(19)20-3)17-14(18)12-10-21-13-8-6-5-7-11(12)13/h5-8,12H,4,9-10H2,1-3H3,(H,17,18). The van der Waals surface area contributed by atoms with Gasteiger partial charge in [0.2, 0.25) is 5.91 Å². The third kappa shape index (κ3) is 3.23. The van der Waals surface area contributed by atoms with Crippen molar-refractivity contribution in [3.05, 3.63) is 29.8 Å². The van der Waals surface area contributed by atoms with Crippen LogP contribution in [0.5, 0.6) is 0 Å². The predicted molar refractivity (Wildman–Crippen MR) is 83.4 cm³/mol. The van der Waals surface area contributed by atoms with Crippen molar-refractivity contribution in [3.63, 3.8) is 0 Å². The molecule has 0 fully saturated rings. The minimum atomic E-state index is -0.956. The van der Waals surface area contributed by atoms with Crippen molar-refractivity contribution in [2.45, 2.75) is 43.0 Å². The van der Waals surface area contributed by atoms with Crippen molar-refractivity contribution in [3.8, 4) is 0 Å². The Morgan fingerprint density at radius 1 is 1.43 bits per heavy atom. The van der Waals surface area contributed by atoms with Crippen LogP contribution in [0.2, 0.25) is 0 Å². The van der Waals surface area contributed by atoms with E-state index in [4.69, 9.17) is 4.74 Å². The second kappa shape index (κ2) is 6.52. The number of thioether (sulfide) groups is 1. The number of rotatable bonds is 5. The Balaban J connectivity index is 2.16. The lowest BCUT2D eigenvalue weighted by atomic mass is 9.93. The number of methoxy groups -OCH3 is 1. The van der Waals surface area contributed by atoms with Crippen LogP contribution in [0.3, 0.4) is 0 Å². The fourth-order valence-corrected chi connectivity index (χ4v) is 3.91. The summed E-state index contributed by atoms with van der Waals surface area (Å²) in [5.74, 6) is 0.0200. The Hall–Kier alpha value is -1.49. The minimum Gasteiger partial charge on any atom is -0.467 e. The summed E-state index contributed by atoms with van der Waals surface area (Å²) < 4.78 is 4.84. The number of fused-ring (bicyclic) bond motifs is 1. The number of esters is 1. The van der Waals surface area contributed by atoms with E-state index in [0.29, 0.717) is 12.2 Å². The topological polar surface area (TPSA) is 55.4 Å². The van der Waals surface area contributed by atoms with E-state index in [1.54, 1.807) is 18.7 Å². The van der Waals surface area contributed by atoms with E-state index < -0.39 is 11.5 Å². The molecule has 2 unspecified atom stereocenters. The molecule has 1 aliphatic heterocycles. The molecule has 0 bridgehead atoms. The maximum Gasteiger partial charge on any atom is 0.331 e. The maximum atomic E-state index is 12.6. The third-order valence-corrected chi connectivity index (χ3v) is 4.98. The van der Waals surface area contributed by atoms with E-state index in [-0.39, 0.29) is 11.8 Å². The molecule has 0 aromatic heterocycles. The van der Waals surface area contributed by atoms with Crippen molar-refractivity contribution >= 4 is 23.6 Å². The van der Waals surface area contributed by atoms with Crippen LogP contribution in [0.1, 0.15) is 38.2 Å². The zero-order valence-electron chi connectivity index (χ0n) is 12.6. The van der Waals surface area contributed by atoms with Gasteiger partial charge < -0.3 is 10.1 Å². The molecule has 0 aliphatic carbocycles. The zero-order chi connectivity index (χ0) is 15.5. The van der Waals surface area contributed by atoms with Crippen LogP contribution in [0, 0.1) is 0 Å². The van der Waals surface area contributed by atoms with Crippen LogP contribution in [-0.4, -0.2) is 30.3 Å². The number of hydrogen-bond donors (Lipinski definition) is 1. The van der Waals surface area contributed by atoms with Gasteiger partial charge in [-0.1, -0.05) is 31.5 Å². The number of ether oxygens (including phenoxy) is 1. The minimum absolute atomic E-state index is 0.103. The van der Waals surface area contributed by atoms with E-state index in [9.17, 15) is 9.59 Å². The molecule has 0 saturated carbocycles. The second-order valence-corrected chi connectivity index (χ2v) is 6.53. The lowest BCUT2D eigenvalue weighted by molar-refractivity contribution is -0.150. The quantitative estimate of drug-likeness (QED) is 0.850. The van der Waals surface area contributed by atoms with E-state index in [1.165, 1.54) is 7.11 Å². The van der Waals surface area contributed by atoms with Crippen LogP contribution in [-0.2, 0) is 14.3 Å². The van der Waals surface area contributed by atoms with Gasteiger partial charge in [-0.25, -0.2) is 4.79 Å². The highest BCUT2D eigenvalue weighted by Gasteiger charge is 2.38. The Morgan fingerprint density at radius 2 is 2.14 bits per heavy atom. The van der Waals surface area contributed by atoms with E-state index >= 15 is 0 Å². The first-order valence-electron chi connectivity index (χ1n) is 7.14. The number of carbonyl (C=O) groups excluding carboxylic acids is 2. The monoisotopic (exact) mass is 307 g/mol. The predicted octanol–water partition coefficient (Wildman–Crippen LogP) is 2.72. The summed E-state index contributed by atoms with van der Waals surface area (Å²) in [6.45, 7) is 3.71. The molecule has 2 atom stereocenters. The molecule has 0 saturated heterocycles. The number of nitrogens with one attached hydrogen (secondary N) is 1. The van der Waals surface area contributed by atoms with Gasteiger partial charge >= 0.3 is 5.97 Å². The van der Waals surface area contributed by atoms with Gasteiger partial charge in [-0.05, 0) is 25.0 Å². The fourth-order valence-electron chi connectivity index (χ4n) is 2.68. The number of carbonyl (C=O) groups is 2. The molecule has 1 heterocycles. The van der Waals surface area contributed by atoms with Gasteiger partial charge in [0.05, 0.1) is 13.0 Å². The first-order valence-corrected chi connectivity index (χ1v) is 8.12. The molecule has 1 aromatic carbocycles. The van der Waals surface area contributed by atoms with Crippen molar-refractivity contribution in [1.29, 1.82) is 0 Å². The van der Waals surface area contributed by atoms with Crippen LogP contribution < -0.4 is 5.32 Å². The molecule has 1 aliphatic rings. The van der Waals surface area contributed by atoms with Crippen molar-refractivity contribution in [1.82, 2.24) is 5.32 Å². The highest BCUT2D eigenvalue weighted by atomic mass is 32.2. The second-order valence-electron chi connectivity index (χ2n) is 5.46. The highest BCUT2D eigenvalue weighted by Crippen LogP contribution is 2.39. The van der Waals surface area contributed by atoms with Crippen LogP contribution in [0.25, 0.3) is 0 Å². The first-order chi connectivity index (χ1) is 10.0. The van der Waals surface area contributed by atoms with Gasteiger partial charge in [-0.15, -0.1) is 11.8 Å². The molecular weight excluding hydrogens is 286 g/mol. The van der Waals surface area contributed by atoms with Gasteiger partial charge in [-0.2, -0.15) is 0 Å². The Morgan fingerprint density at radius 3 is 2.81 bits per heavy atom. The summed E-state index contributed by atoms with van der Waals surface area (Å²) in [6.07, 6.45) is 1.36. The fraction of sp³-hybridized carbons (Fsp3) is 0.500. The normalized spacial score (nSPS) is 19.5. The average molecular weight is 307 g/mol. The average Bonchev–Trinajstić information content (AvgIpc) is 2.90. The van der Waals surface area contributed by atoms with E-state index in [1.807, 2.05) is 31.2 Å². The molecule has 114 valence electrons. The van der Waals surface area contributed by atoms with Gasteiger partial charge in [0, 0.05) is 10.6 Å². The molecule has 0 spiro atoms. The first kappa shape index (κ1) is 15.9. The summed E-state index contributed by atoms with van der Waals surface area (Å²) >= 11 is 1.68. The van der Waals surface area contributed by atoms with Crippen LogP contribution in [0.15, 0.2) is 29.2 Å². The smallest absolute Gasteiger partial charge is 0.331 e. The van der Waals surface area contributed by atoms with Gasteiger partial charge in [-0.3, -0.25) is 4.79 Å². The molecule has 2 rings (SSSR count). The van der Waals surface area contributed by atoms with Crippen molar-refractivity contribution < 1.29 is 14.3 Å². The molecule has 1 aromatic rings. The molecule has 4 nitrogen and oxygen atoms in total. The summed E-state index contributed by atoms with van der Waals surface area (Å²) in [5, 5.41) is 2.90. The van der Waals surface area contributed by atoms with Gasteiger partial charge in [0.15, 0.2) is 0 Å². The third-order valence-electron chi connectivity index (χ3n) is 3.80. The van der Waals surface area contributed by atoms with E-state index in [2.05, 4.69) is 5.32 Å². The van der Waals surface area contributed by atoms with Crippen LogP contribution >= 0.6 is 11.8 Å². The Labute approximate surface area is 129 Å². The summed E-state index contributed by atoms with van der Waals surface area (Å²) in [4.78, 5) is 25.7. The van der Waals surface area contributed by atoms with Gasteiger partial charge in [0.25, 0.3) is 0 Å². The molecule has 21 heavy (non-hydrogen) atoms. The number of hydrogen-bond acceptors (Lipinski definition) is 4. The Kier molecular flexibility index (Phi) is 4.93.